The molecule has 30 heavy (non-hydrogen) atoms. The van der Waals surface area contributed by atoms with Crippen LogP contribution in [0.25, 0.3) is 22.2 Å². The van der Waals surface area contributed by atoms with Crippen LogP contribution in [0.2, 0.25) is 0 Å². The number of hydrogen-bond donors (Lipinski definition) is 1. The van der Waals surface area contributed by atoms with Gasteiger partial charge in [0.1, 0.15) is 11.9 Å². The van der Waals surface area contributed by atoms with Crippen LogP contribution in [0.15, 0.2) is 42.6 Å². The third-order valence-corrected chi connectivity index (χ3v) is 5.75. The lowest BCUT2D eigenvalue weighted by Crippen LogP contribution is -2.51. The second-order valence-corrected chi connectivity index (χ2v) is 7.67. The number of ether oxygens (including phenoxy) is 1. The molecule has 1 amide bonds. The molecule has 2 aromatic heterocycles. The summed E-state index contributed by atoms with van der Waals surface area (Å²) in [6, 6.07) is 11.7. The number of carbonyl (C=O) groups excluding carboxylic acids is 1. The zero-order valence-electron chi connectivity index (χ0n) is 16.7. The van der Waals surface area contributed by atoms with Crippen LogP contribution in [0.3, 0.4) is 0 Å². The van der Waals surface area contributed by atoms with Crippen molar-refractivity contribution in [2.24, 2.45) is 0 Å². The van der Waals surface area contributed by atoms with E-state index in [-0.39, 0.29) is 12.0 Å². The fourth-order valence-electron chi connectivity index (χ4n) is 4.08. The fourth-order valence-corrected chi connectivity index (χ4v) is 4.08. The van der Waals surface area contributed by atoms with Gasteiger partial charge < -0.3 is 20.3 Å². The van der Waals surface area contributed by atoms with Gasteiger partial charge in [0, 0.05) is 49.9 Å². The molecule has 0 aliphatic carbocycles. The molecule has 2 aliphatic heterocycles. The summed E-state index contributed by atoms with van der Waals surface area (Å²) in [4.78, 5) is 30.3. The van der Waals surface area contributed by atoms with Gasteiger partial charge in [-0.1, -0.05) is 12.1 Å². The van der Waals surface area contributed by atoms with E-state index in [0.29, 0.717) is 44.6 Å². The van der Waals surface area contributed by atoms with Gasteiger partial charge in [0.05, 0.1) is 11.2 Å². The SMILES string of the molecule is Nc1nc(N2CCN(C(=O)C3CCCO3)CC2)nc2cc(-c3ccccn3)ccc12. The quantitative estimate of drug-likeness (QED) is 0.714. The molecule has 3 aromatic rings. The van der Waals surface area contributed by atoms with E-state index in [0.717, 1.165) is 35.0 Å². The summed E-state index contributed by atoms with van der Waals surface area (Å²) in [6.45, 7) is 3.29. The number of nitrogens with two attached hydrogens (primary N) is 1. The highest BCUT2D eigenvalue weighted by atomic mass is 16.5. The average molecular weight is 404 g/mol. The Bertz CT molecular complexity index is 1060. The second-order valence-electron chi connectivity index (χ2n) is 7.67. The molecule has 0 bridgehead atoms. The smallest absolute Gasteiger partial charge is 0.251 e. The average Bonchev–Trinajstić information content (AvgIpc) is 3.34. The predicted molar refractivity (Wildman–Crippen MR) is 115 cm³/mol. The van der Waals surface area contributed by atoms with E-state index in [9.17, 15) is 4.79 Å². The number of anilines is 2. The first kappa shape index (κ1) is 18.7. The van der Waals surface area contributed by atoms with E-state index in [1.54, 1.807) is 6.20 Å². The summed E-state index contributed by atoms with van der Waals surface area (Å²) in [6.07, 6.45) is 3.29. The van der Waals surface area contributed by atoms with Crippen molar-refractivity contribution in [3.05, 3.63) is 42.6 Å². The van der Waals surface area contributed by atoms with Crippen molar-refractivity contribution < 1.29 is 9.53 Å². The first-order valence-corrected chi connectivity index (χ1v) is 10.3. The van der Waals surface area contributed by atoms with E-state index in [4.69, 9.17) is 15.5 Å². The molecule has 2 saturated heterocycles. The number of benzene rings is 1. The zero-order valence-corrected chi connectivity index (χ0v) is 16.7. The summed E-state index contributed by atoms with van der Waals surface area (Å²) < 4.78 is 5.54. The number of rotatable bonds is 3. The highest BCUT2D eigenvalue weighted by molar-refractivity contribution is 5.92. The largest absolute Gasteiger partial charge is 0.383 e. The highest BCUT2D eigenvalue weighted by Gasteiger charge is 2.31. The van der Waals surface area contributed by atoms with Crippen molar-refractivity contribution in [2.75, 3.05) is 43.4 Å². The fraction of sp³-hybridized carbons (Fsp3) is 0.364. The normalized spacial score (nSPS) is 19.4. The van der Waals surface area contributed by atoms with Gasteiger partial charge in [0.2, 0.25) is 5.95 Å². The summed E-state index contributed by atoms with van der Waals surface area (Å²) in [5, 5.41) is 0.825. The van der Waals surface area contributed by atoms with Crippen molar-refractivity contribution in [3.8, 4) is 11.3 Å². The molecule has 0 radical (unpaired) electrons. The van der Waals surface area contributed by atoms with Crippen LogP contribution in [0.1, 0.15) is 12.8 Å². The second kappa shape index (κ2) is 7.87. The Kier molecular flexibility index (Phi) is 4.92. The van der Waals surface area contributed by atoms with Gasteiger partial charge in [-0.3, -0.25) is 9.78 Å². The number of amides is 1. The van der Waals surface area contributed by atoms with Gasteiger partial charge >= 0.3 is 0 Å². The molecule has 154 valence electrons. The molecule has 2 aliphatic rings. The molecule has 4 heterocycles. The first-order valence-electron chi connectivity index (χ1n) is 10.3. The molecule has 8 nitrogen and oxygen atoms in total. The van der Waals surface area contributed by atoms with Crippen LogP contribution >= 0.6 is 0 Å². The Morgan fingerprint density at radius 1 is 1.10 bits per heavy atom. The van der Waals surface area contributed by atoms with Crippen LogP contribution < -0.4 is 10.6 Å². The van der Waals surface area contributed by atoms with Crippen LogP contribution in [0, 0.1) is 0 Å². The Hall–Kier alpha value is -3.26. The van der Waals surface area contributed by atoms with Crippen molar-refractivity contribution in [1.29, 1.82) is 0 Å². The third kappa shape index (κ3) is 3.54. The zero-order chi connectivity index (χ0) is 20.5. The van der Waals surface area contributed by atoms with Gasteiger partial charge in [-0.25, -0.2) is 4.98 Å². The van der Waals surface area contributed by atoms with E-state index in [1.165, 1.54) is 0 Å². The Balaban J connectivity index is 1.36. The summed E-state index contributed by atoms with van der Waals surface area (Å²) in [7, 11) is 0. The molecule has 0 saturated carbocycles. The summed E-state index contributed by atoms with van der Waals surface area (Å²) in [5.41, 5.74) is 8.90. The molecule has 2 N–H and O–H groups in total. The van der Waals surface area contributed by atoms with Gasteiger partial charge in [0.25, 0.3) is 5.91 Å². The maximum Gasteiger partial charge on any atom is 0.251 e. The minimum Gasteiger partial charge on any atom is -0.383 e. The number of fused-ring (bicyclic) bond motifs is 1. The number of piperazine rings is 1. The van der Waals surface area contributed by atoms with Gasteiger partial charge in [-0.2, -0.15) is 4.98 Å². The lowest BCUT2D eigenvalue weighted by molar-refractivity contribution is -0.141. The number of aromatic nitrogens is 3. The van der Waals surface area contributed by atoms with E-state index >= 15 is 0 Å². The van der Waals surface area contributed by atoms with Crippen molar-refractivity contribution in [3.63, 3.8) is 0 Å². The van der Waals surface area contributed by atoms with E-state index < -0.39 is 0 Å². The van der Waals surface area contributed by atoms with E-state index in [2.05, 4.69) is 14.9 Å². The molecular formula is C22H24N6O2. The predicted octanol–water partition coefficient (Wildman–Crippen LogP) is 2.10. The monoisotopic (exact) mass is 404 g/mol. The number of pyridine rings is 1. The number of nitrogen functional groups attached to an aromatic ring is 1. The number of hydrogen-bond acceptors (Lipinski definition) is 7. The minimum atomic E-state index is -0.269. The summed E-state index contributed by atoms with van der Waals surface area (Å²) >= 11 is 0. The van der Waals surface area contributed by atoms with Crippen molar-refractivity contribution in [2.45, 2.75) is 18.9 Å². The lowest BCUT2D eigenvalue weighted by Gasteiger charge is -2.35. The maximum absolute atomic E-state index is 12.6. The van der Waals surface area contributed by atoms with Crippen molar-refractivity contribution in [1.82, 2.24) is 19.9 Å². The molecule has 2 fully saturated rings. The third-order valence-electron chi connectivity index (χ3n) is 5.75. The van der Waals surface area contributed by atoms with Crippen LogP contribution in [-0.2, 0) is 9.53 Å². The van der Waals surface area contributed by atoms with Crippen molar-refractivity contribution >= 4 is 28.6 Å². The maximum atomic E-state index is 12.6. The molecule has 1 aromatic carbocycles. The van der Waals surface area contributed by atoms with E-state index in [1.807, 2.05) is 41.3 Å². The van der Waals surface area contributed by atoms with Gasteiger partial charge in [-0.05, 0) is 37.1 Å². The number of nitrogens with zero attached hydrogens (tertiary/aromatic N) is 5. The molecule has 8 heteroatoms. The van der Waals surface area contributed by atoms with Gasteiger partial charge in [0.15, 0.2) is 0 Å². The number of carbonyl (C=O) groups is 1. The van der Waals surface area contributed by atoms with Crippen LogP contribution in [-0.4, -0.2) is 64.6 Å². The molecule has 5 rings (SSSR count). The highest BCUT2D eigenvalue weighted by Crippen LogP contribution is 2.27. The Morgan fingerprint density at radius 2 is 1.97 bits per heavy atom. The minimum absolute atomic E-state index is 0.103. The Labute approximate surface area is 174 Å². The van der Waals surface area contributed by atoms with Crippen LogP contribution in [0.5, 0.6) is 0 Å². The molecular weight excluding hydrogens is 380 g/mol. The summed E-state index contributed by atoms with van der Waals surface area (Å²) in [5.74, 6) is 1.16. The molecule has 0 spiro atoms. The molecule has 1 atom stereocenters. The lowest BCUT2D eigenvalue weighted by atomic mass is 10.1. The van der Waals surface area contributed by atoms with Gasteiger partial charge in [-0.15, -0.1) is 0 Å². The Morgan fingerprint density at radius 3 is 2.70 bits per heavy atom. The molecule has 1 unspecified atom stereocenters. The van der Waals surface area contributed by atoms with Crippen LogP contribution in [0.4, 0.5) is 11.8 Å². The first-order chi connectivity index (χ1) is 14.7. The standard InChI is InChI=1S/C22H24N6O2/c23-20-16-7-6-15(17-4-1-2-8-24-17)14-18(16)25-22(26-20)28-11-9-27(10-12-28)21(29)19-5-3-13-30-19/h1-2,4,6-8,14,19H,3,5,9-13H2,(H2,23,25,26). The topological polar surface area (TPSA) is 97.5 Å².